The first-order chi connectivity index (χ1) is 18.0. The van der Waals surface area contributed by atoms with Gasteiger partial charge in [-0.25, -0.2) is 4.98 Å². The number of para-hydroxylation sites is 2. The monoisotopic (exact) mass is 495 g/mol. The molecule has 0 unspecified atom stereocenters. The van der Waals surface area contributed by atoms with Crippen molar-refractivity contribution in [3.05, 3.63) is 84.9 Å². The maximum atomic E-state index is 12.5. The Morgan fingerprint density at radius 2 is 1.46 bits per heavy atom. The highest BCUT2D eigenvalue weighted by Gasteiger charge is 2.19. The lowest BCUT2D eigenvalue weighted by Gasteiger charge is -2.36. The zero-order valence-corrected chi connectivity index (χ0v) is 20.7. The lowest BCUT2D eigenvalue weighted by atomic mass is 10.2. The van der Waals surface area contributed by atoms with Crippen molar-refractivity contribution < 1.29 is 14.3 Å². The minimum Gasteiger partial charge on any atom is -0.481 e. The lowest BCUT2D eigenvalue weighted by Crippen LogP contribution is -2.46. The van der Waals surface area contributed by atoms with Crippen LogP contribution in [0.25, 0.3) is 10.9 Å². The first kappa shape index (κ1) is 24.1. The number of rotatable bonds is 7. The molecule has 1 aromatic heterocycles. The molecule has 1 saturated heterocycles. The van der Waals surface area contributed by atoms with Crippen molar-refractivity contribution in [2.24, 2.45) is 0 Å². The second-order valence-corrected chi connectivity index (χ2v) is 8.90. The fourth-order valence-electron chi connectivity index (χ4n) is 4.42. The van der Waals surface area contributed by atoms with Crippen LogP contribution in [0.5, 0.6) is 5.75 Å². The van der Waals surface area contributed by atoms with Crippen LogP contribution < -0.4 is 25.2 Å². The van der Waals surface area contributed by atoms with E-state index in [-0.39, 0.29) is 18.4 Å². The largest absolute Gasteiger partial charge is 0.481 e. The number of nitrogens with one attached hydrogen (secondary N) is 2. The molecule has 188 valence electrons. The van der Waals surface area contributed by atoms with Gasteiger partial charge in [0.05, 0.1) is 0 Å². The molecule has 8 nitrogen and oxygen atoms in total. The molecule has 2 amide bonds. The van der Waals surface area contributed by atoms with E-state index in [4.69, 9.17) is 9.72 Å². The summed E-state index contributed by atoms with van der Waals surface area (Å²) < 4.78 is 5.89. The van der Waals surface area contributed by atoms with E-state index >= 15 is 0 Å². The number of nitrogens with zero attached hydrogens (tertiary/aromatic N) is 3. The minimum absolute atomic E-state index is 0.145. The first-order valence-electron chi connectivity index (χ1n) is 12.3. The normalized spacial score (nSPS) is 13.3. The fraction of sp³-hybridized carbons (Fsp3) is 0.207. The van der Waals surface area contributed by atoms with E-state index < -0.39 is 0 Å². The van der Waals surface area contributed by atoms with Gasteiger partial charge in [0.15, 0.2) is 6.61 Å². The van der Waals surface area contributed by atoms with Crippen molar-refractivity contribution in [3.63, 3.8) is 0 Å². The quantitative estimate of drug-likeness (QED) is 0.392. The van der Waals surface area contributed by atoms with Crippen molar-refractivity contribution in [3.8, 4) is 5.75 Å². The highest BCUT2D eigenvalue weighted by atomic mass is 16.5. The minimum atomic E-state index is -0.280. The molecule has 1 fully saturated rings. The van der Waals surface area contributed by atoms with Gasteiger partial charge in [0.25, 0.3) is 5.91 Å². The molecule has 0 aliphatic carbocycles. The summed E-state index contributed by atoms with van der Waals surface area (Å²) in [5.41, 5.74) is 3.26. The van der Waals surface area contributed by atoms with E-state index in [9.17, 15) is 9.59 Å². The Kier molecular flexibility index (Phi) is 7.16. The molecule has 1 aliphatic rings. The fourth-order valence-corrected chi connectivity index (χ4v) is 4.42. The smallest absolute Gasteiger partial charge is 0.262 e. The standard InChI is InChI=1S/C29H29N5O3/c1-21(35)30-23-11-13-24(14-12-23)31-28(36)20-37-26-9-5-6-22-10-15-27(32-29(22)26)34-18-16-33(17-19-34)25-7-3-2-4-8-25/h2-15H,16-20H2,1H3,(H,30,35)(H,31,36). The Morgan fingerprint density at radius 1 is 0.784 bits per heavy atom. The van der Waals surface area contributed by atoms with Gasteiger partial charge in [-0.3, -0.25) is 9.59 Å². The number of anilines is 4. The van der Waals surface area contributed by atoms with Crippen molar-refractivity contribution in [1.29, 1.82) is 0 Å². The van der Waals surface area contributed by atoms with E-state index in [1.807, 2.05) is 36.4 Å². The molecular formula is C29H29N5O3. The number of fused-ring (bicyclic) bond motifs is 1. The Hall–Kier alpha value is -4.59. The summed E-state index contributed by atoms with van der Waals surface area (Å²) in [4.78, 5) is 33.2. The summed E-state index contributed by atoms with van der Waals surface area (Å²) in [7, 11) is 0. The van der Waals surface area contributed by atoms with Crippen LogP contribution in [0.1, 0.15) is 6.92 Å². The van der Waals surface area contributed by atoms with E-state index in [1.54, 1.807) is 24.3 Å². The number of ether oxygens (including phenoxy) is 1. The molecule has 2 heterocycles. The Balaban J connectivity index is 1.22. The highest BCUT2D eigenvalue weighted by Crippen LogP contribution is 2.27. The molecule has 37 heavy (non-hydrogen) atoms. The third-order valence-corrected chi connectivity index (χ3v) is 6.24. The van der Waals surface area contributed by atoms with Crippen LogP contribution in [-0.2, 0) is 9.59 Å². The summed E-state index contributed by atoms with van der Waals surface area (Å²) in [6.07, 6.45) is 0. The first-order valence-corrected chi connectivity index (χ1v) is 12.3. The number of benzene rings is 3. The summed E-state index contributed by atoms with van der Waals surface area (Å²) in [6.45, 7) is 4.90. The summed E-state index contributed by atoms with van der Waals surface area (Å²) in [6, 6.07) is 27.2. The van der Waals surface area contributed by atoms with Crippen LogP contribution >= 0.6 is 0 Å². The predicted octanol–water partition coefficient (Wildman–Crippen LogP) is 4.54. The highest BCUT2D eigenvalue weighted by molar-refractivity contribution is 5.93. The SMILES string of the molecule is CC(=O)Nc1ccc(NC(=O)COc2cccc3ccc(N4CCN(c5ccccc5)CC4)nc23)cc1. The van der Waals surface area contributed by atoms with Gasteiger partial charge in [-0.2, -0.15) is 0 Å². The number of hydrogen-bond acceptors (Lipinski definition) is 6. The molecule has 2 N–H and O–H groups in total. The Bertz CT molecular complexity index is 1380. The molecule has 3 aromatic carbocycles. The third kappa shape index (κ3) is 5.98. The zero-order valence-electron chi connectivity index (χ0n) is 20.7. The van der Waals surface area contributed by atoms with Crippen LogP contribution in [0, 0.1) is 0 Å². The molecule has 0 radical (unpaired) electrons. The van der Waals surface area contributed by atoms with Crippen LogP contribution in [0.15, 0.2) is 84.9 Å². The van der Waals surface area contributed by atoms with Gasteiger partial charge in [0.1, 0.15) is 17.1 Å². The van der Waals surface area contributed by atoms with Gasteiger partial charge < -0.3 is 25.2 Å². The lowest BCUT2D eigenvalue weighted by molar-refractivity contribution is -0.118. The maximum absolute atomic E-state index is 12.5. The number of aromatic nitrogens is 1. The topological polar surface area (TPSA) is 86.8 Å². The molecular weight excluding hydrogens is 466 g/mol. The van der Waals surface area contributed by atoms with Gasteiger partial charge in [-0.1, -0.05) is 30.3 Å². The molecule has 4 aromatic rings. The van der Waals surface area contributed by atoms with Crippen molar-refractivity contribution >= 4 is 45.6 Å². The maximum Gasteiger partial charge on any atom is 0.262 e. The van der Waals surface area contributed by atoms with Gasteiger partial charge >= 0.3 is 0 Å². The van der Waals surface area contributed by atoms with Crippen molar-refractivity contribution in [2.45, 2.75) is 6.92 Å². The van der Waals surface area contributed by atoms with Crippen molar-refractivity contribution in [2.75, 3.05) is 53.2 Å². The number of piperazine rings is 1. The molecule has 8 heteroatoms. The molecule has 5 rings (SSSR count). The molecule has 0 atom stereocenters. The molecule has 1 aliphatic heterocycles. The van der Waals surface area contributed by atoms with Crippen LogP contribution in [0.4, 0.5) is 22.9 Å². The van der Waals surface area contributed by atoms with Gasteiger partial charge in [-0.05, 0) is 54.6 Å². The predicted molar refractivity (Wildman–Crippen MR) is 147 cm³/mol. The van der Waals surface area contributed by atoms with Crippen molar-refractivity contribution in [1.82, 2.24) is 4.98 Å². The van der Waals surface area contributed by atoms with Gasteiger partial charge in [-0.15, -0.1) is 0 Å². The van der Waals surface area contributed by atoms with Crippen LogP contribution in [-0.4, -0.2) is 49.6 Å². The van der Waals surface area contributed by atoms with Crippen LogP contribution in [0.3, 0.4) is 0 Å². The summed E-state index contributed by atoms with van der Waals surface area (Å²) in [5, 5.41) is 6.47. The van der Waals surface area contributed by atoms with E-state index in [2.05, 4.69) is 44.7 Å². The molecule has 0 saturated carbocycles. The van der Waals surface area contributed by atoms with Crippen LogP contribution in [0.2, 0.25) is 0 Å². The Labute approximate surface area is 215 Å². The second kappa shape index (κ2) is 11.0. The average Bonchev–Trinajstić information content (AvgIpc) is 2.93. The second-order valence-electron chi connectivity index (χ2n) is 8.90. The number of amides is 2. The summed E-state index contributed by atoms with van der Waals surface area (Å²) >= 11 is 0. The van der Waals surface area contributed by atoms with Gasteiger partial charge in [0.2, 0.25) is 5.91 Å². The van der Waals surface area contributed by atoms with Gasteiger partial charge in [0, 0.05) is 55.6 Å². The summed E-state index contributed by atoms with van der Waals surface area (Å²) in [5.74, 6) is 1.04. The molecule has 0 spiro atoms. The molecule has 0 bridgehead atoms. The van der Waals surface area contributed by atoms with E-state index in [0.717, 1.165) is 42.9 Å². The number of carbonyl (C=O) groups excluding carboxylic acids is 2. The Morgan fingerprint density at radius 3 is 2.16 bits per heavy atom. The third-order valence-electron chi connectivity index (χ3n) is 6.24. The number of hydrogen-bond donors (Lipinski definition) is 2. The van der Waals surface area contributed by atoms with E-state index in [1.165, 1.54) is 12.6 Å². The number of carbonyl (C=O) groups is 2. The average molecular weight is 496 g/mol. The zero-order chi connectivity index (χ0) is 25.6. The number of pyridine rings is 1. The van der Waals surface area contributed by atoms with E-state index in [0.29, 0.717) is 17.1 Å².